The molecule has 0 radical (unpaired) electrons. The lowest BCUT2D eigenvalue weighted by Crippen LogP contribution is -2.43. The predicted octanol–water partition coefficient (Wildman–Crippen LogP) is 3.14. The van der Waals surface area contributed by atoms with Crippen molar-refractivity contribution in [3.63, 3.8) is 0 Å². The molecule has 2 aromatic carbocycles. The van der Waals surface area contributed by atoms with E-state index in [9.17, 15) is 13.2 Å². The SMILES string of the molecule is COc1cccc(NC(=O)C2CCCN2S(=O)(=O)c2ccc(Cl)cc2)c1. The summed E-state index contributed by atoms with van der Waals surface area (Å²) in [6.07, 6.45) is 1.10. The number of ether oxygens (including phenoxy) is 1. The molecule has 1 saturated heterocycles. The van der Waals surface area contributed by atoms with Crippen LogP contribution in [0, 0.1) is 0 Å². The molecule has 6 nitrogen and oxygen atoms in total. The number of carbonyl (C=O) groups excluding carboxylic acids is 1. The van der Waals surface area contributed by atoms with Gasteiger partial charge in [-0.25, -0.2) is 8.42 Å². The minimum absolute atomic E-state index is 0.128. The number of sulfonamides is 1. The Hall–Kier alpha value is -2.09. The Morgan fingerprint density at radius 1 is 1.23 bits per heavy atom. The molecule has 1 aliphatic heterocycles. The number of hydrogen-bond donors (Lipinski definition) is 1. The van der Waals surface area contributed by atoms with Crippen LogP contribution in [0.3, 0.4) is 0 Å². The molecule has 1 amide bonds. The van der Waals surface area contributed by atoms with Gasteiger partial charge in [0.05, 0.1) is 12.0 Å². The Morgan fingerprint density at radius 2 is 1.96 bits per heavy atom. The molecule has 26 heavy (non-hydrogen) atoms. The molecule has 1 atom stereocenters. The summed E-state index contributed by atoms with van der Waals surface area (Å²) in [7, 11) is -2.23. The lowest BCUT2D eigenvalue weighted by Gasteiger charge is -2.23. The summed E-state index contributed by atoms with van der Waals surface area (Å²) in [5, 5.41) is 3.23. The number of anilines is 1. The third-order valence-corrected chi connectivity index (χ3v) is 6.44. The van der Waals surface area contributed by atoms with Crippen molar-refractivity contribution in [1.82, 2.24) is 4.31 Å². The third-order valence-electron chi connectivity index (χ3n) is 4.26. The molecule has 1 fully saturated rings. The minimum atomic E-state index is -3.77. The molecule has 0 spiro atoms. The van der Waals surface area contributed by atoms with Gasteiger partial charge in [0, 0.05) is 23.3 Å². The standard InChI is InChI=1S/C18H19ClN2O4S/c1-25-15-5-2-4-14(12-15)20-18(22)17-6-3-11-21(17)26(23,24)16-9-7-13(19)8-10-16/h2,4-5,7-10,12,17H,3,6,11H2,1H3,(H,20,22). The van der Waals surface area contributed by atoms with E-state index >= 15 is 0 Å². The number of carbonyl (C=O) groups is 1. The van der Waals surface area contributed by atoms with Crippen molar-refractivity contribution in [2.24, 2.45) is 0 Å². The van der Waals surface area contributed by atoms with Gasteiger partial charge in [-0.15, -0.1) is 0 Å². The van der Waals surface area contributed by atoms with E-state index in [1.807, 2.05) is 0 Å². The smallest absolute Gasteiger partial charge is 0.243 e. The van der Waals surface area contributed by atoms with Crippen LogP contribution < -0.4 is 10.1 Å². The predicted molar refractivity (Wildman–Crippen MR) is 100.0 cm³/mol. The van der Waals surface area contributed by atoms with Crippen LogP contribution in [-0.4, -0.2) is 38.3 Å². The van der Waals surface area contributed by atoms with E-state index in [2.05, 4.69) is 5.32 Å². The Bertz CT molecular complexity index is 900. The van der Waals surface area contributed by atoms with Gasteiger partial charge in [-0.3, -0.25) is 4.79 Å². The van der Waals surface area contributed by atoms with Gasteiger partial charge in [-0.2, -0.15) is 4.31 Å². The van der Waals surface area contributed by atoms with Gasteiger partial charge in [0.25, 0.3) is 0 Å². The monoisotopic (exact) mass is 394 g/mol. The quantitative estimate of drug-likeness (QED) is 0.845. The van der Waals surface area contributed by atoms with E-state index in [1.165, 1.54) is 28.6 Å². The van der Waals surface area contributed by atoms with Crippen molar-refractivity contribution in [3.8, 4) is 5.75 Å². The van der Waals surface area contributed by atoms with Crippen LogP contribution in [0.15, 0.2) is 53.4 Å². The van der Waals surface area contributed by atoms with E-state index < -0.39 is 16.1 Å². The molecule has 1 unspecified atom stereocenters. The van der Waals surface area contributed by atoms with Crippen molar-refractivity contribution >= 4 is 33.2 Å². The molecule has 3 rings (SSSR count). The van der Waals surface area contributed by atoms with Crippen molar-refractivity contribution in [3.05, 3.63) is 53.6 Å². The fourth-order valence-electron chi connectivity index (χ4n) is 2.96. The summed E-state index contributed by atoms with van der Waals surface area (Å²) in [4.78, 5) is 12.8. The molecular formula is C18H19ClN2O4S. The number of nitrogens with zero attached hydrogens (tertiary/aromatic N) is 1. The maximum Gasteiger partial charge on any atom is 0.243 e. The van der Waals surface area contributed by atoms with Crippen LogP contribution in [0.5, 0.6) is 5.75 Å². The normalized spacial score (nSPS) is 17.8. The number of hydrogen-bond acceptors (Lipinski definition) is 4. The Morgan fingerprint density at radius 3 is 2.65 bits per heavy atom. The second kappa shape index (κ2) is 7.65. The summed E-state index contributed by atoms with van der Waals surface area (Å²) >= 11 is 5.83. The van der Waals surface area contributed by atoms with Gasteiger partial charge in [-0.05, 0) is 49.2 Å². The Kier molecular flexibility index (Phi) is 5.50. The number of benzene rings is 2. The van der Waals surface area contributed by atoms with Gasteiger partial charge in [0.1, 0.15) is 11.8 Å². The average Bonchev–Trinajstić information content (AvgIpc) is 3.13. The van der Waals surface area contributed by atoms with E-state index in [0.717, 1.165) is 0 Å². The van der Waals surface area contributed by atoms with Crippen LogP contribution in [0.1, 0.15) is 12.8 Å². The first kappa shape index (κ1) is 18.7. The van der Waals surface area contributed by atoms with Crippen LogP contribution in [-0.2, 0) is 14.8 Å². The number of rotatable bonds is 5. The topological polar surface area (TPSA) is 75.7 Å². The van der Waals surface area contributed by atoms with Gasteiger partial charge in [0.15, 0.2) is 0 Å². The molecule has 0 aliphatic carbocycles. The fraction of sp³-hybridized carbons (Fsp3) is 0.278. The second-order valence-electron chi connectivity index (χ2n) is 5.95. The summed E-state index contributed by atoms with van der Waals surface area (Å²) in [6.45, 7) is 0.307. The maximum atomic E-state index is 12.9. The minimum Gasteiger partial charge on any atom is -0.497 e. The zero-order valence-corrected chi connectivity index (χ0v) is 15.8. The average molecular weight is 395 g/mol. The summed E-state index contributed by atoms with van der Waals surface area (Å²) < 4.78 is 32.2. The van der Waals surface area contributed by atoms with Gasteiger partial charge in [-0.1, -0.05) is 17.7 Å². The summed E-state index contributed by atoms with van der Waals surface area (Å²) in [5.74, 6) is 0.258. The first-order valence-electron chi connectivity index (χ1n) is 8.14. The zero-order valence-electron chi connectivity index (χ0n) is 14.2. The third kappa shape index (κ3) is 3.85. The lowest BCUT2D eigenvalue weighted by molar-refractivity contribution is -0.119. The molecule has 1 heterocycles. The zero-order chi connectivity index (χ0) is 18.7. The summed E-state index contributed by atoms with van der Waals surface area (Å²) in [6, 6.07) is 12.1. The molecule has 0 bridgehead atoms. The molecule has 0 saturated carbocycles. The molecule has 138 valence electrons. The van der Waals surface area contributed by atoms with Gasteiger partial charge in [0.2, 0.25) is 15.9 Å². The highest BCUT2D eigenvalue weighted by Crippen LogP contribution is 2.28. The summed E-state index contributed by atoms with van der Waals surface area (Å²) in [5.41, 5.74) is 0.560. The molecular weight excluding hydrogens is 376 g/mol. The van der Waals surface area contributed by atoms with Gasteiger partial charge >= 0.3 is 0 Å². The first-order chi connectivity index (χ1) is 12.4. The number of methoxy groups -OCH3 is 1. The number of halogens is 1. The highest BCUT2D eigenvalue weighted by atomic mass is 35.5. The largest absolute Gasteiger partial charge is 0.497 e. The van der Waals surface area contributed by atoms with Crippen LogP contribution >= 0.6 is 11.6 Å². The fourth-order valence-corrected chi connectivity index (χ4v) is 4.74. The van der Waals surface area contributed by atoms with Crippen LogP contribution in [0.25, 0.3) is 0 Å². The lowest BCUT2D eigenvalue weighted by atomic mass is 10.2. The second-order valence-corrected chi connectivity index (χ2v) is 8.28. The van der Waals surface area contributed by atoms with E-state index in [1.54, 1.807) is 31.4 Å². The Balaban J connectivity index is 1.80. The van der Waals surface area contributed by atoms with Crippen molar-refractivity contribution < 1.29 is 17.9 Å². The molecule has 8 heteroatoms. The van der Waals surface area contributed by atoms with Crippen molar-refractivity contribution in [2.75, 3.05) is 19.0 Å². The maximum absolute atomic E-state index is 12.9. The first-order valence-corrected chi connectivity index (χ1v) is 9.96. The highest BCUT2D eigenvalue weighted by molar-refractivity contribution is 7.89. The number of amides is 1. The van der Waals surface area contributed by atoms with Gasteiger partial charge < -0.3 is 10.1 Å². The van der Waals surface area contributed by atoms with Crippen LogP contribution in [0.2, 0.25) is 5.02 Å². The van der Waals surface area contributed by atoms with E-state index in [4.69, 9.17) is 16.3 Å². The van der Waals surface area contributed by atoms with E-state index in [0.29, 0.717) is 35.8 Å². The molecule has 0 aromatic heterocycles. The van der Waals surface area contributed by atoms with E-state index in [-0.39, 0.29) is 10.8 Å². The van der Waals surface area contributed by atoms with Crippen molar-refractivity contribution in [1.29, 1.82) is 0 Å². The highest BCUT2D eigenvalue weighted by Gasteiger charge is 2.39. The van der Waals surface area contributed by atoms with Crippen LogP contribution in [0.4, 0.5) is 5.69 Å². The molecule has 1 aliphatic rings. The van der Waals surface area contributed by atoms with Crippen molar-refractivity contribution in [2.45, 2.75) is 23.8 Å². The Labute approximate surface area is 157 Å². The molecule has 1 N–H and O–H groups in total. The molecule has 2 aromatic rings. The number of nitrogens with one attached hydrogen (secondary N) is 1.